The van der Waals surface area contributed by atoms with Crippen molar-refractivity contribution >= 4 is 20.1 Å². The van der Waals surface area contributed by atoms with Crippen molar-refractivity contribution in [3.8, 4) is 5.75 Å². The minimum absolute atomic E-state index is 0.154. The van der Waals surface area contributed by atoms with Gasteiger partial charge in [0.2, 0.25) is 0 Å². The first-order chi connectivity index (χ1) is 12.0. The third-order valence-electron chi connectivity index (χ3n) is 4.60. The molecule has 0 saturated heterocycles. The van der Waals surface area contributed by atoms with Crippen LogP contribution in [0.25, 0.3) is 0 Å². The van der Waals surface area contributed by atoms with E-state index < -0.39 is 0 Å². The van der Waals surface area contributed by atoms with Gasteiger partial charge in [-0.25, -0.2) is 4.39 Å². The Bertz CT molecular complexity index is 760. The fraction of sp³-hybridized carbons (Fsp3) is 0.381. The Balaban J connectivity index is 2.57. The largest absolute Gasteiger partial charge is 0.508 e. The second-order valence-electron chi connectivity index (χ2n) is 6.45. The SMILES string of the molecule is CCCC(CC)(Pc1ccc(F)cc1/C=N/C)c1cc(C)ccc1O. The number of phenols is 1. The van der Waals surface area contributed by atoms with Crippen LogP contribution in [-0.2, 0) is 5.16 Å². The number of hydrogen-bond acceptors (Lipinski definition) is 2. The Morgan fingerprint density at radius 3 is 2.60 bits per heavy atom. The first-order valence-corrected chi connectivity index (χ1v) is 9.75. The number of aliphatic imine (C=N–C) groups is 1. The summed E-state index contributed by atoms with van der Waals surface area (Å²) in [7, 11) is 2.13. The highest BCUT2D eigenvalue weighted by molar-refractivity contribution is 7.48. The van der Waals surface area contributed by atoms with Crippen LogP contribution in [0, 0.1) is 12.7 Å². The summed E-state index contributed by atoms with van der Waals surface area (Å²) < 4.78 is 13.7. The lowest BCUT2D eigenvalue weighted by Crippen LogP contribution is -2.24. The van der Waals surface area contributed by atoms with Crippen LogP contribution in [0.5, 0.6) is 5.75 Å². The molecule has 2 rings (SSSR count). The number of halogens is 1. The van der Waals surface area contributed by atoms with Crippen LogP contribution in [0.15, 0.2) is 41.4 Å². The van der Waals surface area contributed by atoms with Gasteiger partial charge >= 0.3 is 0 Å². The van der Waals surface area contributed by atoms with Gasteiger partial charge in [0.1, 0.15) is 11.6 Å². The van der Waals surface area contributed by atoms with E-state index >= 15 is 0 Å². The van der Waals surface area contributed by atoms with Gasteiger partial charge in [-0.2, -0.15) is 0 Å². The van der Waals surface area contributed by atoms with Gasteiger partial charge in [-0.15, -0.1) is 0 Å². The van der Waals surface area contributed by atoms with E-state index in [1.54, 1.807) is 19.3 Å². The maximum atomic E-state index is 13.7. The fourth-order valence-corrected chi connectivity index (χ4v) is 5.18. The topological polar surface area (TPSA) is 32.6 Å². The first kappa shape index (κ1) is 19.6. The van der Waals surface area contributed by atoms with Crippen LogP contribution in [0.2, 0.25) is 0 Å². The lowest BCUT2D eigenvalue weighted by Gasteiger charge is -2.35. The molecule has 134 valence electrons. The molecule has 2 aromatic carbocycles. The molecular weight excluding hydrogens is 332 g/mol. The molecule has 0 aliphatic carbocycles. The van der Waals surface area contributed by atoms with Crippen molar-refractivity contribution < 1.29 is 9.50 Å². The molecule has 25 heavy (non-hydrogen) atoms. The van der Waals surface area contributed by atoms with Gasteiger partial charge in [0.15, 0.2) is 0 Å². The Hall–Kier alpha value is -1.73. The average molecular weight is 359 g/mol. The van der Waals surface area contributed by atoms with Crippen LogP contribution in [0.1, 0.15) is 49.8 Å². The zero-order valence-electron chi connectivity index (χ0n) is 15.4. The third kappa shape index (κ3) is 4.46. The molecular formula is C21H27FNOP. The molecule has 0 bridgehead atoms. The number of hydrogen-bond donors (Lipinski definition) is 1. The molecule has 0 aliphatic heterocycles. The van der Waals surface area contributed by atoms with E-state index in [9.17, 15) is 9.50 Å². The molecule has 0 amide bonds. The molecule has 2 unspecified atom stereocenters. The van der Waals surface area contributed by atoms with Crippen molar-refractivity contribution in [2.24, 2.45) is 4.99 Å². The summed E-state index contributed by atoms with van der Waals surface area (Å²) in [5.41, 5.74) is 2.96. The van der Waals surface area contributed by atoms with Crippen LogP contribution >= 0.6 is 8.58 Å². The molecule has 1 N–H and O–H groups in total. The van der Waals surface area contributed by atoms with E-state index in [-0.39, 0.29) is 11.0 Å². The summed E-state index contributed by atoms with van der Waals surface area (Å²) in [5, 5.41) is 11.5. The molecule has 0 spiro atoms. The first-order valence-electron chi connectivity index (χ1n) is 8.75. The zero-order chi connectivity index (χ0) is 18.4. The van der Waals surface area contributed by atoms with Crippen molar-refractivity contribution in [1.82, 2.24) is 0 Å². The van der Waals surface area contributed by atoms with Gasteiger partial charge in [0, 0.05) is 29.5 Å². The molecule has 0 saturated carbocycles. The van der Waals surface area contributed by atoms with Gasteiger partial charge in [0.05, 0.1) is 0 Å². The normalized spacial score (nSPS) is 14.4. The maximum absolute atomic E-state index is 13.7. The Morgan fingerprint density at radius 2 is 1.96 bits per heavy atom. The number of rotatable bonds is 7. The molecule has 0 aromatic heterocycles. The van der Waals surface area contributed by atoms with E-state index in [0.29, 0.717) is 14.3 Å². The number of nitrogens with zero attached hydrogens (tertiary/aromatic N) is 1. The second-order valence-corrected chi connectivity index (χ2v) is 8.20. The summed E-state index contributed by atoms with van der Waals surface area (Å²) >= 11 is 0. The van der Waals surface area contributed by atoms with E-state index in [0.717, 1.165) is 41.3 Å². The molecule has 2 atom stereocenters. The van der Waals surface area contributed by atoms with Crippen molar-refractivity contribution in [3.05, 3.63) is 58.9 Å². The van der Waals surface area contributed by atoms with Gasteiger partial charge in [-0.05, 0) is 43.3 Å². The minimum Gasteiger partial charge on any atom is -0.508 e. The summed E-state index contributed by atoms with van der Waals surface area (Å²) in [4.78, 5) is 4.08. The van der Waals surface area contributed by atoms with Gasteiger partial charge in [-0.3, -0.25) is 4.99 Å². The molecule has 4 heteroatoms. The van der Waals surface area contributed by atoms with Crippen LogP contribution < -0.4 is 5.30 Å². The van der Waals surface area contributed by atoms with Crippen molar-refractivity contribution in [2.45, 2.75) is 45.2 Å². The average Bonchev–Trinajstić information content (AvgIpc) is 2.59. The minimum atomic E-state index is -0.251. The summed E-state index contributed by atoms with van der Waals surface area (Å²) in [6.45, 7) is 6.38. The molecule has 0 heterocycles. The lowest BCUT2D eigenvalue weighted by atomic mass is 9.89. The van der Waals surface area contributed by atoms with Crippen molar-refractivity contribution in [1.29, 1.82) is 0 Å². The van der Waals surface area contributed by atoms with Gasteiger partial charge in [-0.1, -0.05) is 52.6 Å². The van der Waals surface area contributed by atoms with Gasteiger partial charge < -0.3 is 5.11 Å². The Morgan fingerprint density at radius 1 is 1.20 bits per heavy atom. The number of aryl methyl sites for hydroxylation is 1. The molecule has 0 fully saturated rings. The smallest absolute Gasteiger partial charge is 0.123 e. The van der Waals surface area contributed by atoms with E-state index in [4.69, 9.17) is 0 Å². The summed E-state index contributed by atoms with van der Waals surface area (Å²) in [6.07, 6.45) is 4.62. The Labute approximate surface area is 152 Å². The monoisotopic (exact) mass is 359 g/mol. The highest BCUT2D eigenvalue weighted by Crippen LogP contribution is 2.51. The van der Waals surface area contributed by atoms with Crippen molar-refractivity contribution in [2.75, 3.05) is 7.05 Å². The molecule has 0 aliphatic rings. The molecule has 2 aromatic rings. The van der Waals surface area contributed by atoms with Crippen LogP contribution in [0.3, 0.4) is 0 Å². The standard InChI is InChI=1S/C21H27FNOP/c1-5-11-21(6-2,18-12-15(3)7-9-19(18)24)25-20-10-8-17(22)13-16(20)14-23-4/h7-10,12-14,24-25H,5-6,11H2,1-4H3/b23-14+. The van der Waals surface area contributed by atoms with E-state index in [2.05, 4.69) is 24.9 Å². The number of aromatic hydroxyl groups is 1. The quantitative estimate of drug-likeness (QED) is 0.528. The van der Waals surface area contributed by atoms with Crippen LogP contribution in [0.4, 0.5) is 4.39 Å². The Kier molecular flexibility index (Phi) is 6.72. The van der Waals surface area contributed by atoms with Gasteiger partial charge in [0.25, 0.3) is 0 Å². The van der Waals surface area contributed by atoms with E-state index in [1.807, 2.05) is 19.1 Å². The third-order valence-corrected chi connectivity index (χ3v) is 6.68. The second kappa shape index (κ2) is 8.58. The zero-order valence-corrected chi connectivity index (χ0v) is 16.4. The van der Waals surface area contributed by atoms with Crippen molar-refractivity contribution in [3.63, 3.8) is 0 Å². The molecule has 0 radical (unpaired) electrons. The van der Waals surface area contributed by atoms with Crippen LogP contribution in [-0.4, -0.2) is 18.4 Å². The fourth-order valence-electron chi connectivity index (χ4n) is 3.33. The number of phenolic OH excluding ortho intramolecular Hbond substituents is 1. The summed E-state index contributed by atoms with van der Waals surface area (Å²) in [5.74, 6) is 0.0978. The highest BCUT2D eigenvalue weighted by atomic mass is 31.1. The maximum Gasteiger partial charge on any atom is 0.123 e. The highest BCUT2D eigenvalue weighted by Gasteiger charge is 2.33. The predicted octanol–water partition coefficient (Wildman–Crippen LogP) is 5.30. The predicted molar refractivity (Wildman–Crippen MR) is 108 cm³/mol. The van der Waals surface area contributed by atoms with E-state index in [1.165, 1.54) is 12.1 Å². The molecule has 2 nitrogen and oxygen atoms in total. The number of benzene rings is 2. The summed E-state index contributed by atoms with van der Waals surface area (Å²) in [6, 6.07) is 10.7. The lowest BCUT2D eigenvalue weighted by molar-refractivity contribution is 0.442.